The molecule has 1 saturated heterocycles. The van der Waals surface area contributed by atoms with Gasteiger partial charge in [-0.05, 0) is 44.2 Å². The van der Waals surface area contributed by atoms with Crippen molar-refractivity contribution in [3.63, 3.8) is 0 Å². The highest BCUT2D eigenvalue weighted by Gasteiger charge is 2.42. The van der Waals surface area contributed by atoms with Crippen LogP contribution in [0, 0.1) is 5.92 Å². The van der Waals surface area contributed by atoms with E-state index in [1.165, 1.54) is 13.2 Å². The fraction of sp³-hybridized carbons (Fsp3) is 0.579. The summed E-state index contributed by atoms with van der Waals surface area (Å²) in [6.07, 6.45) is -3.00. The van der Waals surface area contributed by atoms with E-state index in [2.05, 4.69) is 10.6 Å². The van der Waals surface area contributed by atoms with Crippen LogP contribution in [0.5, 0.6) is 11.5 Å². The molecule has 154 valence electrons. The number of rotatable bonds is 5. The summed E-state index contributed by atoms with van der Waals surface area (Å²) >= 11 is 0. The summed E-state index contributed by atoms with van der Waals surface area (Å²) in [6.45, 7) is 0. The van der Waals surface area contributed by atoms with E-state index in [0.717, 1.165) is 0 Å². The van der Waals surface area contributed by atoms with Gasteiger partial charge in [0.15, 0.2) is 0 Å². The number of methoxy groups -OCH3 is 1. The number of nitrogens with one attached hydrogen (secondary N) is 2. The number of alkyl halides is 3. The van der Waals surface area contributed by atoms with Crippen molar-refractivity contribution < 1.29 is 32.2 Å². The number of hydrogen-bond acceptors (Lipinski definition) is 4. The molecule has 28 heavy (non-hydrogen) atoms. The van der Waals surface area contributed by atoms with Crippen molar-refractivity contribution in [1.82, 2.24) is 5.32 Å². The number of carbonyl (C=O) groups is 2. The van der Waals surface area contributed by atoms with E-state index < -0.39 is 24.2 Å². The van der Waals surface area contributed by atoms with E-state index >= 15 is 0 Å². The van der Waals surface area contributed by atoms with E-state index in [0.29, 0.717) is 42.9 Å². The van der Waals surface area contributed by atoms with E-state index in [9.17, 15) is 22.8 Å². The van der Waals surface area contributed by atoms with Crippen LogP contribution in [0.3, 0.4) is 0 Å². The first-order valence-electron chi connectivity index (χ1n) is 9.28. The molecule has 0 radical (unpaired) electrons. The van der Waals surface area contributed by atoms with Gasteiger partial charge in [-0.15, -0.1) is 0 Å². The predicted molar refractivity (Wildman–Crippen MR) is 95.2 cm³/mol. The van der Waals surface area contributed by atoms with E-state index in [-0.39, 0.29) is 24.7 Å². The molecular formula is C19H23F3N2O4. The molecule has 1 aliphatic carbocycles. The molecule has 0 bridgehead atoms. The van der Waals surface area contributed by atoms with Crippen molar-refractivity contribution in [3.8, 4) is 11.5 Å². The van der Waals surface area contributed by atoms with Crippen molar-refractivity contribution in [2.45, 2.75) is 56.8 Å². The predicted octanol–water partition coefficient (Wildman–Crippen LogP) is 3.41. The van der Waals surface area contributed by atoms with Crippen molar-refractivity contribution in [2.24, 2.45) is 5.92 Å². The Morgan fingerprint density at radius 3 is 2.68 bits per heavy atom. The number of amides is 2. The van der Waals surface area contributed by atoms with Gasteiger partial charge in [0.2, 0.25) is 11.8 Å². The van der Waals surface area contributed by atoms with Gasteiger partial charge in [-0.1, -0.05) is 0 Å². The third kappa shape index (κ3) is 4.88. The summed E-state index contributed by atoms with van der Waals surface area (Å²) in [4.78, 5) is 23.6. The van der Waals surface area contributed by atoms with Crippen LogP contribution in [0.4, 0.5) is 18.9 Å². The molecule has 2 amide bonds. The highest BCUT2D eigenvalue weighted by molar-refractivity contribution is 6.00. The van der Waals surface area contributed by atoms with Gasteiger partial charge >= 0.3 is 6.18 Å². The SMILES string of the molecule is COc1ccc(O[C@@H]2CCC[C@H](C(F)(F)F)C2)cc1NC(=O)C1CCC(=O)N1. The zero-order valence-corrected chi connectivity index (χ0v) is 15.5. The fourth-order valence-corrected chi connectivity index (χ4v) is 3.63. The van der Waals surface area contributed by atoms with Crippen LogP contribution in [0.25, 0.3) is 0 Å². The fourth-order valence-electron chi connectivity index (χ4n) is 3.63. The summed E-state index contributed by atoms with van der Waals surface area (Å²) in [5.74, 6) is -1.16. The molecule has 1 heterocycles. The lowest BCUT2D eigenvalue weighted by Gasteiger charge is -2.31. The van der Waals surface area contributed by atoms with Crippen LogP contribution < -0.4 is 20.1 Å². The smallest absolute Gasteiger partial charge is 0.391 e. The first-order valence-corrected chi connectivity index (χ1v) is 9.28. The summed E-state index contributed by atoms with van der Waals surface area (Å²) in [7, 11) is 1.44. The van der Waals surface area contributed by atoms with Crippen LogP contribution >= 0.6 is 0 Å². The lowest BCUT2D eigenvalue weighted by Crippen LogP contribution is -2.37. The van der Waals surface area contributed by atoms with E-state index in [4.69, 9.17) is 9.47 Å². The van der Waals surface area contributed by atoms with E-state index in [1.54, 1.807) is 12.1 Å². The van der Waals surface area contributed by atoms with Crippen LogP contribution in [0.1, 0.15) is 38.5 Å². The molecule has 2 fully saturated rings. The highest BCUT2D eigenvalue weighted by Crippen LogP contribution is 2.39. The van der Waals surface area contributed by atoms with Crippen LogP contribution in [0.2, 0.25) is 0 Å². The standard InChI is InChI=1S/C19H23F3N2O4/c1-27-16-7-5-13(28-12-4-2-3-11(9-12)19(20,21)22)10-15(16)24-18(26)14-6-8-17(25)23-14/h5,7,10-12,14H,2-4,6,8-9H2,1H3,(H,23,25)(H,24,26)/t11-,12+,14?/m0/s1. The molecule has 1 saturated carbocycles. The highest BCUT2D eigenvalue weighted by atomic mass is 19.4. The second kappa shape index (κ2) is 8.28. The quantitative estimate of drug-likeness (QED) is 0.794. The average molecular weight is 400 g/mol. The number of benzene rings is 1. The van der Waals surface area contributed by atoms with Gasteiger partial charge in [-0.3, -0.25) is 9.59 Å². The molecule has 1 aromatic carbocycles. The van der Waals surface area contributed by atoms with Gasteiger partial charge in [-0.25, -0.2) is 0 Å². The maximum atomic E-state index is 13.0. The molecule has 2 N–H and O–H groups in total. The third-order valence-electron chi connectivity index (χ3n) is 5.13. The Bertz CT molecular complexity index is 738. The molecule has 1 aliphatic heterocycles. The van der Waals surface area contributed by atoms with Crippen LogP contribution in [-0.2, 0) is 9.59 Å². The van der Waals surface area contributed by atoms with Gasteiger partial charge in [0.25, 0.3) is 0 Å². The second-order valence-corrected chi connectivity index (χ2v) is 7.16. The number of anilines is 1. The van der Waals surface area contributed by atoms with Gasteiger partial charge in [-0.2, -0.15) is 13.2 Å². The first-order chi connectivity index (χ1) is 13.3. The molecule has 2 aliphatic rings. The molecule has 6 nitrogen and oxygen atoms in total. The minimum Gasteiger partial charge on any atom is -0.495 e. The Morgan fingerprint density at radius 2 is 2.04 bits per heavy atom. The summed E-state index contributed by atoms with van der Waals surface area (Å²) in [5, 5.41) is 5.28. The molecule has 1 unspecified atom stereocenters. The third-order valence-corrected chi connectivity index (χ3v) is 5.13. The molecule has 3 atom stereocenters. The maximum Gasteiger partial charge on any atom is 0.391 e. The van der Waals surface area contributed by atoms with Crippen molar-refractivity contribution in [3.05, 3.63) is 18.2 Å². The van der Waals surface area contributed by atoms with Gasteiger partial charge in [0, 0.05) is 12.5 Å². The summed E-state index contributed by atoms with van der Waals surface area (Å²) in [6, 6.07) is 4.10. The van der Waals surface area contributed by atoms with Crippen LogP contribution in [0.15, 0.2) is 18.2 Å². The van der Waals surface area contributed by atoms with Gasteiger partial charge in [0.05, 0.1) is 24.8 Å². The topological polar surface area (TPSA) is 76.7 Å². The maximum absolute atomic E-state index is 13.0. The van der Waals surface area contributed by atoms with Gasteiger partial charge < -0.3 is 20.1 Å². The second-order valence-electron chi connectivity index (χ2n) is 7.16. The Balaban J connectivity index is 1.68. The summed E-state index contributed by atoms with van der Waals surface area (Å²) < 4.78 is 50.0. The zero-order valence-electron chi connectivity index (χ0n) is 15.5. The first kappa shape index (κ1) is 20.3. The van der Waals surface area contributed by atoms with Crippen molar-refractivity contribution >= 4 is 17.5 Å². The Kier molecular flexibility index (Phi) is 6.00. The number of hydrogen-bond donors (Lipinski definition) is 2. The molecule has 3 rings (SSSR count). The molecule has 9 heteroatoms. The Labute approximate surface area is 160 Å². The number of carbonyl (C=O) groups excluding carboxylic acids is 2. The average Bonchev–Trinajstić information content (AvgIpc) is 3.08. The number of ether oxygens (including phenoxy) is 2. The monoisotopic (exact) mass is 400 g/mol. The van der Waals surface area contributed by atoms with Crippen molar-refractivity contribution in [1.29, 1.82) is 0 Å². The minimum atomic E-state index is -4.22. The van der Waals surface area contributed by atoms with Crippen LogP contribution in [-0.4, -0.2) is 37.2 Å². The largest absolute Gasteiger partial charge is 0.495 e. The number of halogens is 3. The summed E-state index contributed by atoms with van der Waals surface area (Å²) in [5.41, 5.74) is 0.342. The normalized spacial score (nSPS) is 25.1. The molecular weight excluding hydrogens is 377 g/mol. The molecule has 1 aromatic rings. The molecule has 0 aromatic heterocycles. The lowest BCUT2D eigenvalue weighted by atomic mass is 9.87. The Hall–Kier alpha value is -2.45. The zero-order chi connectivity index (χ0) is 20.3. The Morgan fingerprint density at radius 1 is 1.25 bits per heavy atom. The van der Waals surface area contributed by atoms with Crippen molar-refractivity contribution in [2.75, 3.05) is 12.4 Å². The lowest BCUT2D eigenvalue weighted by molar-refractivity contribution is -0.188. The van der Waals surface area contributed by atoms with E-state index in [1.807, 2.05) is 0 Å². The minimum absolute atomic E-state index is 0.0780. The molecule has 0 spiro atoms. The van der Waals surface area contributed by atoms with Gasteiger partial charge in [0.1, 0.15) is 17.5 Å².